The summed E-state index contributed by atoms with van der Waals surface area (Å²) in [4.78, 5) is 10.7. The van der Waals surface area contributed by atoms with Crippen molar-refractivity contribution in [1.29, 1.82) is 0 Å². The minimum Gasteiger partial charge on any atom is -0.396 e. The molecule has 0 saturated carbocycles. The topological polar surface area (TPSA) is 49.3 Å². The summed E-state index contributed by atoms with van der Waals surface area (Å²) >= 11 is 0. The molecular formula is C8H13NO2. The van der Waals surface area contributed by atoms with E-state index in [1.54, 1.807) is 12.2 Å². The van der Waals surface area contributed by atoms with E-state index in [1.807, 2.05) is 0 Å². The van der Waals surface area contributed by atoms with Gasteiger partial charge in [0.15, 0.2) is 0 Å². The van der Waals surface area contributed by atoms with Crippen molar-refractivity contribution < 1.29 is 9.90 Å². The fourth-order valence-electron chi connectivity index (χ4n) is 0.497. The van der Waals surface area contributed by atoms with Crippen LogP contribution in [-0.4, -0.2) is 24.2 Å². The van der Waals surface area contributed by atoms with Gasteiger partial charge in [0.05, 0.1) is 0 Å². The van der Waals surface area contributed by atoms with E-state index >= 15 is 0 Å². The molecule has 0 aliphatic rings. The SMILES string of the molecule is C=CCNC(=O)/C=C/CCO. The fourth-order valence-corrected chi connectivity index (χ4v) is 0.497. The maximum atomic E-state index is 10.7. The summed E-state index contributed by atoms with van der Waals surface area (Å²) in [5.41, 5.74) is 0. The second kappa shape index (κ2) is 7.02. The van der Waals surface area contributed by atoms with Gasteiger partial charge in [-0.25, -0.2) is 0 Å². The highest BCUT2D eigenvalue weighted by molar-refractivity contribution is 5.87. The monoisotopic (exact) mass is 155 g/mol. The first-order valence-corrected chi connectivity index (χ1v) is 3.47. The van der Waals surface area contributed by atoms with Crippen molar-refractivity contribution in [2.24, 2.45) is 0 Å². The molecule has 2 N–H and O–H groups in total. The van der Waals surface area contributed by atoms with Crippen molar-refractivity contribution in [3.05, 3.63) is 24.8 Å². The summed E-state index contributed by atoms with van der Waals surface area (Å²) in [6.07, 6.45) is 5.15. The number of hydrogen-bond acceptors (Lipinski definition) is 2. The molecule has 0 rings (SSSR count). The molecule has 0 aliphatic carbocycles. The predicted molar refractivity (Wildman–Crippen MR) is 44.0 cm³/mol. The van der Waals surface area contributed by atoms with Gasteiger partial charge in [0, 0.05) is 13.2 Å². The number of hydrogen-bond donors (Lipinski definition) is 2. The van der Waals surface area contributed by atoms with Crippen LogP contribution < -0.4 is 5.32 Å². The minimum atomic E-state index is -0.154. The van der Waals surface area contributed by atoms with E-state index in [4.69, 9.17) is 5.11 Å². The van der Waals surface area contributed by atoms with Gasteiger partial charge in [0.25, 0.3) is 0 Å². The van der Waals surface area contributed by atoms with Crippen LogP contribution in [0.5, 0.6) is 0 Å². The van der Waals surface area contributed by atoms with Gasteiger partial charge < -0.3 is 10.4 Å². The van der Waals surface area contributed by atoms with Crippen LogP contribution in [0.3, 0.4) is 0 Å². The van der Waals surface area contributed by atoms with Crippen LogP contribution >= 0.6 is 0 Å². The zero-order valence-corrected chi connectivity index (χ0v) is 6.42. The normalized spacial score (nSPS) is 9.91. The fraction of sp³-hybridized carbons (Fsp3) is 0.375. The first-order chi connectivity index (χ1) is 5.31. The maximum absolute atomic E-state index is 10.7. The Balaban J connectivity index is 3.42. The molecule has 0 radical (unpaired) electrons. The Morgan fingerprint density at radius 1 is 1.64 bits per heavy atom. The van der Waals surface area contributed by atoms with Crippen LogP contribution in [-0.2, 0) is 4.79 Å². The third kappa shape index (κ3) is 6.80. The van der Waals surface area contributed by atoms with Gasteiger partial charge in [-0.2, -0.15) is 0 Å². The van der Waals surface area contributed by atoms with Crippen LogP contribution in [0.4, 0.5) is 0 Å². The molecule has 0 aliphatic heterocycles. The number of amides is 1. The summed E-state index contributed by atoms with van der Waals surface area (Å²) in [6, 6.07) is 0. The Bertz CT molecular complexity index is 152. The van der Waals surface area contributed by atoms with Crippen LogP contribution in [0.25, 0.3) is 0 Å². The number of rotatable bonds is 5. The van der Waals surface area contributed by atoms with E-state index in [9.17, 15) is 4.79 Å². The van der Waals surface area contributed by atoms with Crippen LogP contribution in [0, 0.1) is 0 Å². The highest BCUT2D eigenvalue weighted by atomic mass is 16.2. The number of carbonyl (C=O) groups is 1. The predicted octanol–water partition coefficient (Wildman–Crippen LogP) is 0.227. The van der Waals surface area contributed by atoms with E-state index in [2.05, 4.69) is 11.9 Å². The lowest BCUT2D eigenvalue weighted by molar-refractivity contribution is -0.116. The second-order valence-corrected chi connectivity index (χ2v) is 1.95. The zero-order chi connectivity index (χ0) is 8.53. The number of aliphatic hydroxyl groups is 1. The largest absolute Gasteiger partial charge is 0.396 e. The molecule has 0 aromatic carbocycles. The summed E-state index contributed by atoms with van der Waals surface area (Å²) < 4.78 is 0. The Morgan fingerprint density at radius 2 is 2.36 bits per heavy atom. The molecule has 0 unspecified atom stereocenters. The summed E-state index contributed by atoms with van der Waals surface area (Å²) in [5.74, 6) is -0.154. The average Bonchev–Trinajstić information content (AvgIpc) is 2.01. The zero-order valence-electron chi connectivity index (χ0n) is 6.42. The van der Waals surface area contributed by atoms with Gasteiger partial charge in [-0.1, -0.05) is 12.2 Å². The first kappa shape index (κ1) is 9.91. The number of nitrogens with one attached hydrogen (secondary N) is 1. The van der Waals surface area contributed by atoms with E-state index < -0.39 is 0 Å². The standard InChI is InChI=1S/C8H13NO2/c1-2-6-9-8(11)5-3-4-7-10/h2-3,5,10H,1,4,6-7H2,(H,9,11)/b5-3+. The molecule has 0 atom stereocenters. The van der Waals surface area contributed by atoms with Crippen LogP contribution in [0.2, 0.25) is 0 Å². The van der Waals surface area contributed by atoms with Crippen molar-refractivity contribution in [3.8, 4) is 0 Å². The quantitative estimate of drug-likeness (QED) is 0.441. The lowest BCUT2D eigenvalue weighted by Crippen LogP contribution is -2.20. The molecule has 3 nitrogen and oxygen atoms in total. The molecule has 0 spiro atoms. The molecule has 0 aromatic heterocycles. The van der Waals surface area contributed by atoms with Crippen LogP contribution in [0.15, 0.2) is 24.8 Å². The summed E-state index contributed by atoms with van der Waals surface area (Å²) in [5, 5.41) is 10.9. The van der Waals surface area contributed by atoms with Crippen molar-refractivity contribution in [2.75, 3.05) is 13.2 Å². The molecular weight excluding hydrogens is 142 g/mol. The lowest BCUT2D eigenvalue weighted by Gasteiger charge is -1.94. The highest BCUT2D eigenvalue weighted by Gasteiger charge is 1.88. The lowest BCUT2D eigenvalue weighted by atomic mass is 10.4. The molecule has 1 amide bonds. The summed E-state index contributed by atoms with van der Waals surface area (Å²) in [6.45, 7) is 4.00. The van der Waals surface area contributed by atoms with E-state index in [-0.39, 0.29) is 12.5 Å². The van der Waals surface area contributed by atoms with Gasteiger partial charge in [-0.3, -0.25) is 4.79 Å². The highest BCUT2D eigenvalue weighted by Crippen LogP contribution is 1.79. The third-order valence-corrected chi connectivity index (χ3v) is 0.986. The molecule has 3 heteroatoms. The molecule has 11 heavy (non-hydrogen) atoms. The van der Waals surface area contributed by atoms with Crippen LogP contribution in [0.1, 0.15) is 6.42 Å². The van der Waals surface area contributed by atoms with E-state index in [0.29, 0.717) is 13.0 Å². The van der Waals surface area contributed by atoms with Gasteiger partial charge in [0.1, 0.15) is 0 Å². The van der Waals surface area contributed by atoms with Crippen molar-refractivity contribution >= 4 is 5.91 Å². The van der Waals surface area contributed by atoms with Gasteiger partial charge in [-0.15, -0.1) is 6.58 Å². The van der Waals surface area contributed by atoms with Crippen molar-refractivity contribution in [1.82, 2.24) is 5.32 Å². The van der Waals surface area contributed by atoms with Gasteiger partial charge >= 0.3 is 0 Å². The molecule has 0 saturated heterocycles. The molecule has 0 heterocycles. The number of carbonyl (C=O) groups excluding carboxylic acids is 1. The van der Waals surface area contributed by atoms with Gasteiger partial charge in [-0.05, 0) is 12.5 Å². The minimum absolute atomic E-state index is 0.0746. The Hall–Kier alpha value is -1.09. The maximum Gasteiger partial charge on any atom is 0.243 e. The second-order valence-electron chi connectivity index (χ2n) is 1.95. The Labute approximate surface area is 66.4 Å². The van der Waals surface area contributed by atoms with E-state index in [0.717, 1.165) is 0 Å². The molecule has 62 valence electrons. The third-order valence-electron chi connectivity index (χ3n) is 0.986. The molecule has 0 fully saturated rings. The van der Waals surface area contributed by atoms with Gasteiger partial charge in [0.2, 0.25) is 5.91 Å². The average molecular weight is 155 g/mol. The first-order valence-electron chi connectivity index (χ1n) is 3.47. The molecule has 0 bridgehead atoms. The van der Waals surface area contributed by atoms with Crippen molar-refractivity contribution in [2.45, 2.75) is 6.42 Å². The Kier molecular flexibility index (Phi) is 6.33. The Morgan fingerprint density at radius 3 is 2.91 bits per heavy atom. The number of aliphatic hydroxyl groups excluding tert-OH is 1. The summed E-state index contributed by atoms with van der Waals surface area (Å²) in [7, 11) is 0. The van der Waals surface area contributed by atoms with E-state index in [1.165, 1.54) is 6.08 Å². The smallest absolute Gasteiger partial charge is 0.243 e. The van der Waals surface area contributed by atoms with Crippen molar-refractivity contribution in [3.63, 3.8) is 0 Å². The molecule has 0 aromatic rings.